The van der Waals surface area contributed by atoms with E-state index in [1.807, 2.05) is 19.9 Å². The molecule has 0 radical (unpaired) electrons. The van der Waals surface area contributed by atoms with E-state index in [4.69, 9.17) is 0 Å². The first-order valence-electron chi connectivity index (χ1n) is 14.8. The molecule has 9 nitrogen and oxygen atoms in total. The van der Waals surface area contributed by atoms with Crippen LogP contribution in [0.4, 0.5) is 23.7 Å². The van der Waals surface area contributed by atoms with Gasteiger partial charge in [-0.3, -0.25) is 14.3 Å². The number of halogens is 3. The minimum Gasteiger partial charge on any atom is -0.339 e. The third-order valence-corrected chi connectivity index (χ3v) is 9.41. The molecule has 0 bridgehead atoms. The molecule has 1 aliphatic heterocycles. The SMILES string of the molecule is CC(C)n1nccc1C(=O)N[C@H](C(=O)Nc1ccc2c(c1)CC[C@]2(C)N1C[C@@H](C(F)(F)F)NC1=O)C(C1CC1)C1CC1. The number of carbonyl (C=O) groups is 3. The zero-order chi connectivity index (χ0) is 30.0. The number of fused-ring (bicyclic) bond motifs is 1. The second kappa shape index (κ2) is 10.3. The maximum atomic E-state index is 13.8. The maximum absolute atomic E-state index is 13.8. The number of benzene rings is 1. The van der Waals surface area contributed by atoms with Crippen LogP contribution in [0.3, 0.4) is 0 Å². The van der Waals surface area contributed by atoms with Gasteiger partial charge in [-0.2, -0.15) is 18.3 Å². The summed E-state index contributed by atoms with van der Waals surface area (Å²) in [5, 5.41) is 12.4. The number of hydrogen-bond acceptors (Lipinski definition) is 4. The van der Waals surface area contributed by atoms with Gasteiger partial charge >= 0.3 is 12.2 Å². The predicted octanol–water partition coefficient (Wildman–Crippen LogP) is 4.75. The fourth-order valence-corrected chi connectivity index (χ4v) is 6.91. The van der Waals surface area contributed by atoms with Gasteiger partial charge in [0, 0.05) is 17.9 Å². The van der Waals surface area contributed by atoms with Crippen molar-refractivity contribution in [2.24, 2.45) is 17.8 Å². The first-order chi connectivity index (χ1) is 19.9. The van der Waals surface area contributed by atoms with Gasteiger partial charge in [0.15, 0.2) is 0 Å². The van der Waals surface area contributed by atoms with Gasteiger partial charge in [0.1, 0.15) is 17.8 Å². The number of anilines is 1. The van der Waals surface area contributed by atoms with Crippen LogP contribution in [0, 0.1) is 17.8 Å². The highest BCUT2D eigenvalue weighted by Gasteiger charge is 2.53. The van der Waals surface area contributed by atoms with Crippen molar-refractivity contribution in [3.05, 3.63) is 47.3 Å². The molecule has 226 valence electrons. The molecule has 3 atom stereocenters. The summed E-state index contributed by atoms with van der Waals surface area (Å²) in [7, 11) is 0. The first-order valence-corrected chi connectivity index (χ1v) is 14.8. The average Bonchev–Trinajstić information content (AvgIpc) is 3.82. The third-order valence-electron chi connectivity index (χ3n) is 9.41. The second-order valence-electron chi connectivity index (χ2n) is 12.7. The van der Waals surface area contributed by atoms with Gasteiger partial charge in [-0.05, 0) is 106 Å². The lowest BCUT2D eigenvalue weighted by Gasteiger charge is -2.35. The lowest BCUT2D eigenvalue weighted by Crippen LogP contribution is -2.50. The molecule has 0 spiro atoms. The van der Waals surface area contributed by atoms with Crippen LogP contribution < -0.4 is 16.0 Å². The van der Waals surface area contributed by atoms with Gasteiger partial charge in [-0.15, -0.1) is 0 Å². The van der Waals surface area contributed by atoms with E-state index in [2.05, 4.69) is 21.0 Å². The molecule has 1 saturated heterocycles. The van der Waals surface area contributed by atoms with Gasteiger partial charge in [0.25, 0.3) is 5.91 Å². The Hall–Kier alpha value is -3.57. The Kier molecular flexibility index (Phi) is 7.00. The van der Waals surface area contributed by atoms with E-state index in [9.17, 15) is 27.6 Å². The maximum Gasteiger partial charge on any atom is 0.410 e. The average molecular weight is 587 g/mol. The van der Waals surface area contributed by atoms with Crippen molar-refractivity contribution in [2.45, 2.75) is 89.1 Å². The number of aromatic nitrogens is 2. The number of aryl methyl sites for hydroxylation is 1. The summed E-state index contributed by atoms with van der Waals surface area (Å²) in [4.78, 5) is 41.1. The molecule has 1 aromatic heterocycles. The van der Waals surface area contributed by atoms with Crippen molar-refractivity contribution in [3.63, 3.8) is 0 Å². The Balaban J connectivity index is 1.21. The molecule has 4 amide bonds. The van der Waals surface area contributed by atoms with Crippen molar-refractivity contribution < 1.29 is 27.6 Å². The molecule has 3 fully saturated rings. The van der Waals surface area contributed by atoms with E-state index in [0.29, 0.717) is 36.1 Å². The monoisotopic (exact) mass is 586 g/mol. The molecule has 3 N–H and O–H groups in total. The van der Waals surface area contributed by atoms with Crippen LogP contribution >= 0.6 is 0 Å². The number of nitrogens with one attached hydrogen (secondary N) is 3. The highest BCUT2D eigenvalue weighted by Crippen LogP contribution is 2.51. The fraction of sp³-hybridized carbons (Fsp3) is 0.600. The molecular weight excluding hydrogens is 549 g/mol. The number of carbonyl (C=O) groups excluding carboxylic acids is 3. The molecule has 2 aromatic rings. The molecule has 2 heterocycles. The van der Waals surface area contributed by atoms with Crippen molar-refractivity contribution in [2.75, 3.05) is 11.9 Å². The zero-order valence-corrected chi connectivity index (χ0v) is 24.0. The van der Waals surface area contributed by atoms with Crippen LogP contribution in [0.2, 0.25) is 0 Å². The van der Waals surface area contributed by atoms with E-state index in [-0.39, 0.29) is 23.8 Å². The van der Waals surface area contributed by atoms with E-state index in [0.717, 1.165) is 36.8 Å². The summed E-state index contributed by atoms with van der Waals surface area (Å²) < 4.78 is 41.6. The van der Waals surface area contributed by atoms with Crippen LogP contribution in [-0.4, -0.2) is 57.3 Å². The molecule has 42 heavy (non-hydrogen) atoms. The summed E-state index contributed by atoms with van der Waals surface area (Å²) in [6.45, 7) is 5.22. The summed E-state index contributed by atoms with van der Waals surface area (Å²) in [5.74, 6) is 0.235. The number of hydrogen-bond donors (Lipinski definition) is 3. The molecular formula is C30H37F3N6O3. The molecule has 4 aliphatic rings. The summed E-state index contributed by atoms with van der Waals surface area (Å²) in [5.41, 5.74) is 1.73. The molecule has 6 rings (SSSR count). The molecule has 3 aliphatic carbocycles. The third kappa shape index (κ3) is 5.24. The minimum absolute atomic E-state index is 0.0150. The first kappa shape index (κ1) is 28.5. The van der Waals surface area contributed by atoms with Gasteiger partial charge < -0.3 is 20.9 Å². The highest BCUT2D eigenvalue weighted by atomic mass is 19.4. The quantitative estimate of drug-likeness (QED) is 0.394. The predicted molar refractivity (Wildman–Crippen MR) is 149 cm³/mol. The summed E-state index contributed by atoms with van der Waals surface area (Å²) in [6, 6.07) is 3.66. The van der Waals surface area contributed by atoms with E-state index in [1.165, 1.54) is 4.90 Å². The topological polar surface area (TPSA) is 108 Å². The Morgan fingerprint density at radius 3 is 2.40 bits per heavy atom. The van der Waals surface area contributed by atoms with E-state index in [1.54, 1.807) is 36.0 Å². The standard InChI is InChI=1S/C30H37F3N6O3/c1-16(2)39-22(11-13-34-39)26(40)37-25(24(17-4-5-17)18-6-7-18)27(41)35-20-8-9-21-19(14-20)10-12-29(21,3)38-15-23(30(31,32)33)36-28(38)42/h8-9,11,13-14,16-18,23-25H,4-7,10,12,15H2,1-3H3,(H,35,41)(H,36,42)(H,37,40)/t23-,25-,29-/m0/s1. The van der Waals surface area contributed by atoms with Gasteiger partial charge in [0.2, 0.25) is 5.91 Å². The van der Waals surface area contributed by atoms with Crippen LogP contribution in [-0.2, 0) is 16.8 Å². The minimum atomic E-state index is -4.52. The van der Waals surface area contributed by atoms with Crippen molar-refractivity contribution in [1.82, 2.24) is 25.3 Å². The van der Waals surface area contributed by atoms with Crippen molar-refractivity contribution in [3.8, 4) is 0 Å². The molecule has 2 saturated carbocycles. The molecule has 1 aromatic carbocycles. The number of alkyl halides is 3. The molecule has 0 unspecified atom stereocenters. The second-order valence-corrected chi connectivity index (χ2v) is 12.7. The fourth-order valence-electron chi connectivity index (χ4n) is 6.91. The number of amides is 4. The van der Waals surface area contributed by atoms with Gasteiger partial charge in [-0.1, -0.05) is 6.07 Å². The Morgan fingerprint density at radius 1 is 1.12 bits per heavy atom. The van der Waals surface area contributed by atoms with Crippen LogP contribution in [0.5, 0.6) is 0 Å². The normalized spacial score (nSPS) is 24.6. The smallest absolute Gasteiger partial charge is 0.339 e. The summed E-state index contributed by atoms with van der Waals surface area (Å²) in [6.07, 6.45) is 2.27. The number of rotatable bonds is 9. The largest absolute Gasteiger partial charge is 0.410 e. The van der Waals surface area contributed by atoms with Gasteiger partial charge in [0.05, 0.1) is 12.1 Å². The lowest BCUT2D eigenvalue weighted by molar-refractivity contribution is -0.150. The van der Waals surface area contributed by atoms with Crippen molar-refractivity contribution in [1.29, 1.82) is 0 Å². The number of urea groups is 1. The Bertz CT molecular complexity index is 1390. The Labute approximate surface area is 242 Å². The molecule has 12 heteroatoms. The van der Waals surface area contributed by atoms with Crippen molar-refractivity contribution >= 4 is 23.5 Å². The summed E-state index contributed by atoms with van der Waals surface area (Å²) >= 11 is 0. The van der Waals surface area contributed by atoms with Crippen LogP contribution in [0.1, 0.15) is 80.5 Å². The Morgan fingerprint density at radius 2 is 1.81 bits per heavy atom. The highest BCUT2D eigenvalue weighted by molar-refractivity contribution is 6.01. The van der Waals surface area contributed by atoms with E-state index < -0.39 is 36.4 Å². The van der Waals surface area contributed by atoms with E-state index >= 15 is 0 Å². The zero-order valence-electron chi connectivity index (χ0n) is 24.0. The van der Waals surface area contributed by atoms with Gasteiger partial charge in [-0.25, -0.2) is 4.79 Å². The van der Waals surface area contributed by atoms with Crippen LogP contribution in [0.25, 0.3) is 0 Å². The lowest BCUT2D eigenvalue weighted by atomic mass is 9.88. The number of nitrogens with zero attached hydrogens (tertiary/aromatic N) is 3. The van der Waals surface area contributed by atoms with Crippen LogP contribution in [0.15, 0.2) is 30.5 Å².